The van der Waals surface area contributed by atoms with Crippen LogP contribution in [0.4, 0.5) is 0 Å². The molecule has 2 atom stereocenters. The van der Waals surface area contributed by atoms with Gasteiger partial charge in [0.15, 0.2) is 0 Å². The number of methoxy groups -OCH3 is 1. The first-order valence-corrected chi connectivity index (χ1v) is 8.76. The van der Waals surface area contributed by atoms with Crippen LogP contribution in [0.25, 0.3) is 0 Å². The lowest BCUT2D eigenvalue weighted by Gasteiger charge is -2.34. The average molecular weight is 401 g/mol. The van der Waals surface area contributed by atoms with Gasteiger partial charge in [0.1, 0.15) is 12.2 Å². The summed E-state index contributed by atoms with van der Waals surface area (Å²) in [6.45, 7) is 1.89. The summed E-state index contributed by atoms with van der Waals surface area (Å²) in [7, 11) is 1.62. The van der Waals surface area contributed by atoms with E-state index in [0.717, 1.165) is 5.82 Å². The summed E-state index contributed by atoms with van der Waals surface area (Å²) >= 11 is 0. The van der Waals surface area contributed by atoms with E-state index in [0.29, 0.717) is 39.1 Å². The maximum Gasteiger partial charge on any atom is 0.317 e. The van der Waals surface area contributed by atoms with Crippen molar-refractivity contribution in [3.8, 4) is 0 Å². The molecule has 1 fully saturated rings. The number of aliphatic carboxylic acids is 1. The van der Waals surface area contributed by atoms with E-state index in [4.69, 9.17) is 19.7 Å². The molecule has 12 nitrogen and oxygen atoms in total. The van der Waals surface area contributed by atoms with Crippen molar-refractivity contribution in [3.05, 3.63) is 12.2 Å². The summed E-state index contributed by atoms with van der Waals surface area (Å²) in [4.78, 5) is 33.2. The number of carboxylic acids is 1. The summed E-state index contributed by atoms with van der Waals surface area (Å²) in [6.07, 6.45) is 1.76. The standard InChI is InChI=1S/C15H25N5O5.CH2O2/c1-25-7-6-20-10-17-18-13(20)2-4-16-15(24)11-8-19(9-14(22)23)5-3-12(11)21;2-1-3/h10-12,21H,2-9H2,1H3,(H,16,24)(H,22,23);1H,(H,2,3)/t11-,12+;/m0./s1. The molecule has 1 amide bonds. The second-order valence-corrected chi connectivity index (χ2v) is 6.17. The van der Waals surface area contributed by atoms with Gasteiger partial charge in [0.05, 0.1) is 25.2 Å². The number of amides is 1. The molecule has 0 aliphatic carbocycles. The summed E-state index contributed by atoms with van der Waals surface area (Å²) < 4.78 is 6.88. The molecule has 12 heteroatoms. The molecule has 0 saturated carbocycles. The quantitative estimate of drug-likeness (QED) is 0.341. The van der Waals surface area contributed by atoms with E-state index in [9.17, 15) is 14.7 Å². The molecule has 28 heavy (non-hydrogen) atoms. The molecule has 0 unspecified atom stereocenters. The van der Waals surface area contributed by atoms with Gasteiger partial charge in [-0.2, -0.15) is 0 Å². The molecule has 1 aliphatic rings. The van der Waals surface area contributed by atoms with Crippen molar-refractivity contribution < 1.29 is 34.4 Å². The van der Waals surface area contributed by atoms with Crippen LogP contribution >= 0.6 is 0 Å². The maximum atomic E-state index is 12.3. The fourth-order valence-electron chi connectivity index (χ4n) is 2.88. The van der Waals surface area contributed by atoms with E-state index >= 15 is 0 Å². The van der Waals surface area contributed by atoms with Crippen LogP contribution in [0.2, 0.25) is 0 Å². The average Bonchev–Trinajstić information content (AvgIpc) is 3.09. The summed E-state index contributed by atoms with van der Waals surface area (Å²) in [5.41, 5.74) is 0. The van der Waals surface area contributed by atoms with Crippen molar-refractivity contribution in [3.63, 3.8) is 0 Å². The minimum Gasteiger partial charge on any atom is -0.483 e. The third kappa shape index (κ3) is 7.98. The Morgan fingerprint density at radius 1 is 1.46 bits per heavy atom. The second kappa shape index (κ2) is 12.8. The molecule has 1 aliphatic heterocycles. The number of carbonyl (C=O) groups is 3. The van der Waals surface area contributed by atoms with Gasteiger partial charge < -0.3 is 29.9 Å². The zero-order chi connectivity index (χ0) is 20.9. The summed E-state index contributed by atoms with van der Waals surface area (Å²) in [5.74, 6) is -1.09. The van der Waals surface area contributed by atoms with Gasteiger partial charge in [0, 0.05) is 39.7 Å². The van der Waals surface area contributed by atoms with E-state index in [1.807, 2.05) is 4.57 Å². The largest absolute Gasteiger partial charge is 0.483 e. The maximum absolute atomic E-state index is 12.3. The number of nitrogens with one attached hydrogen (secondary N) is 1. The zero-order valence-electron chi connectivity index (χ0n) is 15.7. The van der Waals surface area contributed by atoms with Crippen LogP contribution < -0.4 is 5.32 Å². The first kappa shape index (κ1) is 23.5. The normalized spacial score (nSPS) is 19.4. The molecule has 0 aromatic carbocycles. The molecule has 0 radical (unpaired) electrons. The van der Waals surface area contributed by atoms with Crippen LogP contribution in [0.1, 0.15) is 12.2 Å². The molecule has 1 saturated heterocycles. The van der Waals surface area contributed by atoms with Crippen LogP contribution in [-0.2, 0) is 32.1 Å². The summed E-state index contributed by atoms with van der Waals surface area (Å²) in [5, 5.41) is 36.5. The number of nitrogens with zero attached hydrogens (tertiary/aromatic N) is 4. The molecule has 2 heterocycles. The van der Waals surface area contributed by atoms with Crippen LogP contribution in [0.5, 0.6) is 0 Å². The van der Waals surface area contributed by atoms with Crippen molar-refractivity contribution >= 4 is 18.3 Å². The third-order valence-electron chi connectivity index (χ3n) is 4.24. The summed E-state index contributed by atoms with van der Waals surface area (Å²) in [6, 6.07) is 0. The first-order valence-electron chi connectivity index (χ1n) is 8.76. The van der Waals surface area contributed by atoms with Gasteiger partial charge in [0.2, 0.25) is 5.91 Å². The fourth-order valence-corrected chi connectivity index (χ4v) is 2.88. The van der Waals surface area contributed by atoms with Crippen molar-refractivity contribution in [1.29, 1.82) is 0 Å². The van der Waals surface area contributed by atoms with Crippen LogP contribution in [-0.4, -0.2) is 99.3 Å². The number of carbonyl (C=O) groups excluding carboxylic acids is 1. The molecule has 0 spiro atoms. The van der Waals surface area contributed by atoms with Gasteiger partial charge in [-0.3, -0.25) is 19.3 Å². The number of piperidine rings is 1. The lowest BCUT2D eigenvalue weighted by Crippen LogP contribution is -2.51. The van der Waals surface area contributed by atoms with Gasteiger partial charge in [0.25, 0.3) is 6.47 Å². The zero-order valence-corrected chi connectivity index (χ0v) is 15.7. The second-order valence-electron chi connectivity index (χ2n) is 6.17. The minimum atomic E-state index is -0.939. The van der Waals surface area contributed by atoms with E-state index in [-0.39, 0.29) is 25.5 Å². The van der Waals surface area contributed by atoms with E-state index in [1.54, 1.807) is 18.3 Å². The first-order chi connectivity index (χ1) is 13.4. The number of aromatic nitrogens is 3. The fraction of sp³-hybridized carbons (Fsp3) is 0.688. The highest BCUT2D eigenvalue weighted by Crippen LogP contribution is 2.17. The van der Waals surface area contributed by atoms with Gasteiger partial charge in [-0.25, -0.2) is 0 Å². The molecule has 1 aromatic rings. The Kier molecular flexibility index (Phi) is 10.7. The number of aliphatic hydroxyl groups is 1. The highest BCUT2D eigenvalue weighted by Gasteiger charge is 2.33. The molecule has 2 rings (SSSR count). The van der Waals surface area contributed by atoms with Crippen molar-refractivity contribution in [2.24, 2.45) is 5.92 Å². The number of ether oxygens (including phenoxy) is 1. The number of rotatable bonds is 9. The Labute approximate surface area is 162 Å². The Morgan fingerprint density at radius 3 is 2.82 bits per heavy atom. The Bertz CT molecular complexity index is 624. The topological polar surface area (TPSA) is 167 Å². The Hall–Kier alpha value is -2.57. The highest BCUT2D eigenvalue weighted by atomic mass is 16.5. The predicted octanol–water partition coefficient (Wildman–Crippen LogP) is -1.95. The minimum absolute atomic E-state index is 0.126. The molecular weight excluding hydrogens is 374 g/mol. The SMILES string of the molecule is COCCn1cnnc1CCNC(=O)[C@H]1CN(CC(=O)O)CC[C@H]1O.O=CO. The van der Waals surface area contributed by atoms with Gasteiger partial charge in [-0.15, -0.1) is 10.2 Å². The number of hydrogen-bond donors (Lipinski definition) is 4. The molecule has 0 bridgehead atoms. The molecule has 4 N–H and O–H groups in total. The smallest absolute Gasteiger partial charge is 0.317 e. The lowest BCUT2D eigenvalue weighted by atomic mass is 9.94. The molecule has 1 aromatic heterocycles. The van der Waals surface area contributed by atoms with Crippen molar-refractivity contribution in [1.82, 2.24) is 25.0 Å². The van der Waals surface area contributed by atoms with Crippen LogP contribution in [0, 0.1) is 5.92 Å². The van der Waals surface area contributed by atoms with Crippen LogP contribution in [0.3, 0.4) is 0 Å². The predicted molar refractivity (Wildman–Crippen MR) is 95.5 cm³/mol. The van der Waals surface area contributed by atoms with E-state index in [1.165, 1.54) is 0 Å². The van der Waals surface area contributed by atoms with Gasteiger partial charge in [-0.05, 0) is 6.42 Å². The number of hydrogen-bond acceptors (Lipinski definition) is 8. The highest BCUT2D eigenvalue weighted by molar-refractivity contribution is 5.79. The van der Waals surface area contributed by atoms with Crippen molar-refractivity contribution in [2.75, 3.05) is 39.9 Å². The van der Waals surface area contributed by atoms with Crippen LogP contribution in [0.15, 0.2) is 6.33 Å². The monoisotopic (exact) mass is 401 g/mol. The van der Waals surface area contributed by atoms with Gasteiger partial charge >= 0.3 is 5.97 Å². The number of carboxylic acid groups (broad SMARTS) is 2. The Balaban J connectivity index is 0.00000122. The van der Waals surface area contributed by atoms with Gasteiger partial charge in [-0.1, -0.05) is 0 Å². The number of likely N-dealkylation sites (tertiary alicyclic amines) is 1. The van der Waals surface area contributed by atoms with E-state index in [2.05, 4.69) is 15.5 Å². The Morgan fingerprint density at radius 2 is 2.18 bits per heavy atom. The number of aliphatic hydroxyl groups excluding tert-OH is 1. The van der Waals surface area contributed by atoms with Crippen molar-refractivity contribution in [2.45, 2.75) is 25.5 Å². The van der Waals surface area contributed by atoms with E-state index < -0.39 is 18.0 Å². The molecule has 158 valence electrons. The lowest BCUT2D eigenvalue weighted by molar-refractivity contribution is -0.141. The molecular formula is C16H27N5O7. The third-order valence-corrected chi connectivity index (χ3v) is 4.24.